The summed E-state index contributed by atoms with van der Waals surface area (Å²) in [5.41, 5.74) is 0.981. The molecule has 1 fully saturated rings. The molecule has 2 rings (SSSR count). The maximum atomic E-state index is 12.0. The number of benzene rings is 1. The molecule has 3 nitrogen and oxygen atoms in total. The van der Waals surface area contributed by atoms with Crippen LogP contribution in [0, 0.1) is 0 Å². The molecule has 0 spiro atoms. The summed E-state index contributed by atoms with van der Waals surface area (Å²) >= 11 is 3.49. The minimum atomic E-state index is 0.194. The van der Waals surface area contributed by atoms with Crippen LogP contribution in [0.3, 0.4) is 0 Å². The van der Waals surface area contributed by atoms with Crippen molar-refractivity contribution in [3.8, 4) is 0 Å². The molecule has 0 saturated carbocycles. The Labute approximate surface area is 104 Å². The van der Waals surface area contributed by atoms with Gasteiger partial charge in [-0.25, -0.2) is 0 Å². The van der Waals surface area contributed by atoms with Crippen LogP contribution < -0.4 is 10.2 Å². The lowest BCUT2D eigenvalue weighted by atomic mass is 10.2. The molecule has 1 saturated heterocycles. The summed E-state index contributed by atoms with van der Waals surface area (Å²) in [5.74, 6) is 0.194. The summed E-state index contributed by atoms with van der Waals surface area (Å²) in [5, 5.41) is 3.25. The van der Waals surface area contributed by atoms with Crippen LogP contribution in [0.15, 0.2) is 28.7 Å². The molecule has 1 heterocycles. The number of halogens is 1. The van der Waals surface area contributed by atoms with Gasteiger partial charge >= 0.3 is 0 Å². The van der Waals surface area contributed by atoms with Crippen molar-refractivity contribution >= 4 is 27.5 Å². The molecule has 1 aliphatic rings. The fraction of sp³-hybridized carbons (Fsp3) is 0.417. The lowest BCUT2D eigenvalue weighted by Gasteiger charge is -2.26. The number of anilines is 1. The molecule has 4 heteroatoms. The van der Waals surface area contributed by atoms with Crippen molar-refractivity contribution in [2.75, 3.05) is 24.5 Å². The summed E-state index contributed by atoms with van der Waals surface area (Å²) < 4.78 is 0.983. The summed E-state index contributed by atoms with van der Waals surface area (Å²) in [6.07, 6.45) is 1.56. The second-order valence-electron chi connectivity index (χ2n) is 3.85. The van der Waals surface area contributed by atoms with Crippen molar-refractivity contribution in [2.24, 2.45) is 0 Å². The number of rotatable bonds is 1. The van der Waals surface area contributed by atoms with Crippen molar-refractivity contribution < 1.29 is 4.79 Å². The van der Waals surface area contributed by atoms with Gasteiger partial charge in [0.2, 0.25) is 5.91 Å². The Hall–Kier alpha value is -0.870. The summed E-state index contributed by atoms with van der Waals surface area (Å²) in [6.45, 7) is 2.54. The molecule has 1 amide bonds. The van der Waals surface area contributed by atoms with Crippen molar-refractivity contribution in [3.63, 3.8) is 0 Å². The van der Waals surface area contributed by atoms with E-state index in [1.54, 1.807) is 0 Å². The van der Waals surface area contributed by atoms with Crippen LogP contribution in [-0.2, 0) is 4.79 Å². The molecule has 0 unspecified atom stereocenters. The second kappa shape index (κ2) is 5.46. The van der Waals surface area contributed by atoms with Crippen LogP contribution in [0.5, 0.6) is 0 Å². The smallest absolute Gasteiger partial charge is 0.228 e. The molecule has 0 bridgehead atoms. The molecule has 1 aliphatic heterocycles. The first-order valence-electron chi connectivity index (χ1n) is 5.54. The highest BCUT2D eigenvalue weighted by Gasteiger charge is 2.18. The van der Waals surface area contributed by atoms with Crippen LogP contribution in [0.25, 0.3) is 0 Å². The molecule has 0 atom stereocenters. The molecule has 16 heavy (non-hydrogen) atoms. The van der Waals surface area contributed by atoms with E-state index in [1.165, 1.54) is 0 Å². The fourth-order valence-electron chi connectivity index (χ4n) is 1.87. The van der Waals surface area contributed by atoms with Crippen LogP contribution in [0.4, 0.5) is 5.69 Å². The van der Waals surface area contributed by atoms with E-state index in [0.29, 0.717) is 6.42 Å². The number of hydrogen-bond donors (Lipinski definition) is 1. The fourth-order valence-corrected chi connectivity index (χ4v) is 2.37. The first-order chi connectivity index (χ1) is 7.79. The Bertz CT molecular complexity index is 381. The van der Waals surface area contributed by atoms with E-state index in [4.69, 9.17) is 0 Å². The average Bonchev–Trinajstić information content (AvgIpc) is 2.26. The van der Waals surface area contributed by atoms with Gasteiger partial charge in [0.25, 0.3) is 0 Å². The van der Waals surface area contributed by atoms with Crippen LogP contribution >= 0.6 is 15.9 Å². The molecule has 1 N–H and O–H groups in total. The molecule has 0 aliphatic carbocycles. The van der Waals surface area contributed by atoms with E-state index in [9.17, 15) is 4.79 Å². The third kappa shape index (κ3) is 2.62. The Morgan fingerprint density at radius 3 is 2.88 bits per heavy atom. The van der Waals surface area contributed by atoms with Crippen LogP contribution in [-0.4, -0.2) is 25.5 Å². The average molecular weight is 283 g/mol. The maximum absolute atomic E-state index is 12.0. The van der Waals surface area contributed by atoms with E-state index in [-0.39, 0.29) is 5.91 Å². The SMILES string of the molecule is O=C1CCNCCCN1c1ccccc1Br. The minimum Gasteiger partial charge on any atom is -0.316 e. The summed E-state index contributed by atoms with van der Waals surface area (Å²) in [7, 11) is 0. The number of carbonyl (C=O) groups excluding carboxylic acids is 1. The lowest BCUT2D eigenvalue weighted by Crippen LogP contribution is -2.38. The highest BCUT2D eigenvalue weighted by atomic mass is 79.9. The third-order valence-electron chi connectivity index (χ3n) is 2.70. The number of amides is 1. The number of hydrogen-bond acceptors (Lipinski definition) is 2. The first-order valence-corrected chi connectivity index (χ1v) is 6.34. The lowest BCUT2D eigenvalue weighted by molar-refractivity contribution is -0.118. The second-order valence-corrected chi connectivity index (χ2v) is 4.70. The van der Waals surface area contributed by atoms with E-state index in [2.05, 4.69) is 21.2 Å². The zero-order valence-corrected chi connectivity index (χ0v) is 10.7. The Kier molecular flexibility index (Phi) is 3.96. The molecule has 1 aromatic rings. The van der Waals surface area contributed by atoms with Crippen molar-refractivity contribution in [1.82, 2.24) is 5.32 Å². The highest BCUT2D eigenvalue weighted by Crippen LogP contribution is 2.26. The van der Waals surface area contributed by atoms with Gasteiger partial charge in [-0.3, -0.25) is 4.79 Å². The van der Waals surface area contributed by atoms with Gasteiger partial charge in [0, 0.05) is 24.0 Å². The Morgan fingerprint density at radius 2 is 2.06 bits per heavy atom. The number of para-hydroxylation sites is 1. The van der Waals surface area contributed by atoms with Crippen LogP contribution in [0.1, 0.15) is 12.8 Å². The quantitative estimate of drug-likeness (QED) is 0.856. The molecular formula is C12H15BrN2O. The van der Waals surface area contributed by atoms with Gasteiger partial charge in [-0.15, -0.1) is 0 Å². The van der Waals surface area contributed by atoms with Gasteiger partial charge in [-0.05, 0) is 41.0 Å². The first kappa shape index (κ1) is 11.6. The van der Waals surface area contributed by atoms with E-state index in [1.807, 2.05) is 29.2 Å². The van der Waals surface area contributed by atoms with Crippen LogP contribution in [0.2, 0.25) is 0 Å². The van der Waals surface area contributed by atoms with Gasteiger partial charge in [-0.1, -0.05) is 12.1 Å². The zero-order valence-electron chi connectivity index (χ0n) is 9.08. The minimum absolute atomic E-state index is 0.194. The monoisotopic (exact) mass is 282 g/mol. The topological polar surface area (TPSA) is 32.3 Å². The van der Waals surface area contributed by atoms with Crippen molar-refractivity contribution in [1.29, 1.82) is 0 Å². The highest BCUT2D eigenvalue weighted by molar-refractivity contribution is 9.10. The maximum Gasteiger partial charge on any atom is 0.228 e. The predicted octanol–water partition coefficient (Wildman–Crippen LogP) is 2.17. The van der Waals surface area contributed by atoms with Gasteiger partial charge < -0.3 is 10.2 Å². The number of nitrogens with zero attached hydrogens (tertiary/aromatic N) is 1. The van der Waals surface area contributed by atoms with Gasteiger partial charge in [0.15, 0.2) is 0 Å². The molecule has 86 valence electrons. The van der Waals surface area contributed by atoms with Gasteiger partial charge in [-0.2, -0.15) is 0 Å². The Balaban J connectivity index is 2.22. The summed E-state index contributed by atoms with van der Waals surface area (Å²) in [4.78, 5) is 13.9. The predicted molar refractivity (Wildman–Crippen MR) is 68.6 cm³/mol. The summed E-state index contributed by atoms with van der Waals surface area (Å²) in [6, 6.07) is 7.88. The largest absolute Gasteiger partial charge is 0.316 e. The number of carbonyl (C=O) groups is 1. The number of nitrogens with one attached hydrogen (secondary N) is 1. The zero-order chi connectivity index (χ0) is 11.4. The third-order valence-corrected chi connectivity index (χ3v) is 3.37. The van der Waals surface area contributed by atoms with Gasteiger partial charge in [0.1, 0.15) is 0 Å². The standard InChI is InChI=1S/C12H15BrN2O/c13-10-4-1-2-5-11(10)15-9-3-7-14-8-6-12(15)16/h1-2,4-5,14H,3,6-9H2. The Morgan fingerprint density at radius 1 is 1.25 bits per heavy atom. The normalized spacial score (nSPS) is 18.1. The molecular weight excluding hydrogens is 268 g/mol. The van der Waals surface area contributed by atoms with E-state index in [0.717, 1.165) is 36.2 Å². The molecule has 0 aromatic heterocycles. The van der Waals surface area contributed by atoms with E-state index < -0.39 is 0 Å². The molecule has 1 aromatic carbocycles. The van der Waals surface area contributed by atoms with Crippen molar-refractivity contribution in [2.45, 2.75) is 12.8 Å². The van der Waals surface area contributed by atoms with Crippen molar-refractivity contribution in [3.05, 3.63) is 28.7 Å². The van der Waals surface area contributed by atoms with E-state index >= 15 is 0 Å². The van der Waals surface area contributed by atoms with Gasteiger partial charge in [0.05, 0.1) is 5.69 Å². The molecule has 0 radical (unpaired) electrons.